The zero-order valence-corrected chi connectivity index (χ0v) is 11.0. The van der Waals surface area contributed by atoms with E-state index in [4.69, 9.17) is 4.74 Å². The maximum Gasteiger partial charge on any atom is 0.320 e. The predicted octanol–water partition coefficient (Wildman–Crippen LogP) is 1.88. The highest BCUT2D eigenvalue weighted by atomic mass is 32.1. The van der Waals surface area contributed by atoms with Crippen LogP contribution in [0.5, 0.6) is 0 Å². The van der Waals surface area contributed by atoms with Crippen molar-refractivity contribution in [1.29, 1.82) is 0 Å². The van der Waals surface area contributed by atoms with Gasteiger partial charge in [-0.2, -0.15) is 0 Å². The van der Waals surface area contributed by atoms with Crippen molar-refractivity contribution in [2.75, 3.05) is 6.54 Å². The van der Waals surface area contributed by atoms with E-state index in [1.54, 1.807) is 11.3 Å². The van der Waals surface area contributed by atoms with E-state index < -0.39 is 5.60 Å². The van der Waals surface area contributed by atoms with Crippen LogP contribution in [0.2, 0.25) is 0 Å². The van der Waals surface area contributed by atoms with Gasteiger partial charge in [-0.1, -0.05) is 0 Å². The van der Waals surface area contributed by atoms with Gasteiger partial charge >= 0.3 is 5.97 Å². The molecule has 5 heteroatoms. The third-order valence-corrected chi connectivity index (χ3v) is 2.60. The van der Waals surface area contributed by atoms with Gasteiger partial charge in [-0.15, -0.1) is 11.3 Å². The van der Waals surface area contributed by atoms with Gasteiger partial charge in [-0.3, -0.25) is 4.79 Å². The fraction of sp³-hybridized carbons (Fsp3) is 0.636. The largest absolute Gasteiger partial charge is 0.459 e. The summed E-state index contributed by atoms with van der Waals surface area (Å²) in [6.07, 6.45) is 0. The quantitative estimate of drug-likeness (QED) is 0.819. The summed E-state index contributed by atoms with van der Waals surface area (Å²) in [5.41, 5.74) is 0.593. The van der Waals surface area contributed by atoms with Gasteiger partial charge in [0.25, 0.3) is 0 Å². The SMILES string of the molecule is Cc1csc(CNCC(=O)OC(C)(C)C)n1. The molecule has 0 bridgehead atoms. The van der Waals surface area contributed by atoms with E-state index in [0.717, 1.165) is 10.7 Å². The molecule has 1 N–H and O–H groups in total. The van der Waals surface area contributed by atoms with Crippen LogP contribution in [0.4, 0.5) is 0 Å². The summed E-state index contributed by atoms with van der Waals surface area (Å²) >= 11 is 1.59. The number of nitrogens with zero attached hydrogens (tertiary/aromatic N) is 1. The zero-order chi connectivity index (χ0) is 12.2. The lowest BCUT2D eigenvalue weighted by Crippen LogP contribution is -2.31. The minimum Gasteiger partial charge on any atom is -0.459 e. The molecule has 0 saturated carbocycles. The average Bonchev–Trinajstić information content (AvgIpc) is 2.48. The molecule has 1 aromatic heterocycles. The van der Waals surface area contributed by atoms with E-state index in [9.17, 15) is 4.79 Å². The molecule has 0 radical (unpaired) electrons. The molecule has 1 aromatic rings. The molecule has 1 rings (SSSR count). The summed E-state index contributed by atoms with van der Waals surface area (Å²) in [6, 6.07) is 0. The first-order chi connectivity index (χ1) is 7.37. The Kier molecular flexibility index (Phi) is 4.44. The Bertz CT molecular complexity index is 355. The molecule has 0 aliphatic heterocycles. The number of nitrogens with one attached hydrogen (secondary N) is 1. The molecular formula is C11H18N2O2S. The fourth-order valence-corrected chi connectivity index (χ4v) is 1.87. The molecule has 0 aromatic carbocycles. The number of carbonyl (C=O) groups is 1. The first-order valence-corrected chi connectivity index (χ1v) is 6.08. The zero-order valence-electron chi connectivity index (χ0n) is 10.2. The maximum atomic E-state index is 11.4. The molecule has 0 aliphatic carbocycles. The van der Waals surface area contributed by atoms with Gasteiger partial charge in [0, 0.05) is 17.6 Å². The van der Waals surface area contributed by atoms with Crippen molar-refractivity contribution in [2.24, 2.45) is 0 Å². The van der Waals surface area contributed by atoms with E-state index in [2.05, 4.69) is 10.3 Å². The second-order valence-corrected chi connectivity index (χ2v) is 5.52. The molecule has 0 aliphatic rings. The van der Waals surface area contributed by atoms with Gasteiger partial charge in [0.05, 0.1) is 6.54 Å². The van der Waals surface area contributed by atoms with Crippen molar-refractivity contribution in [2.45, 2.75) is 39.8 Å². The summed E-state index contributed by atoms with van der Waals surface area (Å²) in [5, 5.41) is 5.99. The molecule has 0 spiro atoms. The van der Waals surface area contributed by atoms with Crippen LogP contribution in [0.25, 0.3) is 0 Å². The van der Waals surface area contributed by atoms with E-state index in [1.807, 2.05) is 33.1 Å². The number of aryl methyl sites for hydroxylation is 1. The van der Waals surface area contributed by atoms with Gasteiger partial charge in [0.2, 0.25) is 0 Å². The van der Waals surface area contributed by atoms with Crippen molar-refractivity contribution >= 4 is 17.3 Å². The normalized spacial score (nSPS) is 11.5. The van der Waals surface area contributed by atoms with Crippen molar-refractivity contribution in [1.82, 2.24) is 10.3 Å². The number of hydrogen-bond acceptors (Lipinski definition) is 5. The smallest absolute Gasteiger partial charge is 0.320 e. The van der Waals surface area contributed by atoms with Crippen LogP contribution in [0.1, 0.15) is 31.5 Å². The molecule has 0 saturated heterocycles. The monoisotopic (exact) mass is 242 g/mol. The van der Waals surface area contributed by atoms with Crippen molar-refractivity contribution in [3.05, 3.63) is 16.1 Å². The maximum absolute atomic E-state index is 11.4. The van der Waals surface area contributed by atoms with Crippen LogP contribution < -0.4 is 5.32 Å². The Balaban J connectivity index is 2.23. The lowest BCUT2D eigenvalue weighted by Gasteiger charge is -2.19. The van der Waals surface area contributed by atoms with Gasteiger partial charge in [0.1, 0.15) is 10.6 Å². The number of carbonyl (C=O) groups excluding carboxylic acids is 1. The van der Waals surface area contributed by atoms with Gasteiger partial charge in [-0.05, 0) is 27.7 Å². The average molecular weight is 242 g/mol. The molecule has 0 amide bonds. The standard InChI is InChI=1S/C11H18N2O2S/c1-8-7-16-9(13-8)5-12-6-10(14)15-11(2,3)4/h7,12H,5-6H2,1-4H3. The minimum atomic E-state index is -0.420. The number of thiazole rings is 1. The molecule has 0 atom stereocenters. The van der Waals surface area contributed by atoms with Crippen LogP contribution >= 0.6 is 11.3 Å². The third-order valence-electron chi connectivity index (χ3n) is 1.63. The topological polar surface area (TPSA) is 51.2 Å². The number of rotatable bonds is 4. The number of aromatic nitrogens is 1. The lowest BCUT2D eigenvalue weighted by molar-refractivity contribution is -0.153. The van der Waals surface area contributed by atoms with Crippen LogP contribution in [0.3, 0.4) is 0 Å². The Hall–Kier alpha value is -0.940. The Labute approximate surface area is 100 Å². The van der Waals surface area contributed by atoms with Crippen molar-refractivity contribution in [3.63, 3.8) is 0 Å². The van der Waals surface area contributed by atoms with Gasteiger partial charge < -0.3 is 10.1 Å². The molecule has 4 nitrogen and oxygen atoms in total. The minimum absolute atomic E-state index is 0.218. The van der Waals surface area contributed by atoms with Crippen molar-refractivity contribution < 1.29 is 9.53 Å². The number of esters is 1. The summed E-state index contributed by atoms with van der Waals surface area (Å²) < 4.78 is 5.16. The first-order valence-electron chi connectivity index (χ1n) is 5.20. The van der Waals surface area contributed by atoms with Crippen LogP contribution in [0, 0.1) is 6.92 Å². The van der Waals surface area contributed by atoms with Crippen LogP contribution in [-0.4, -0.2) is 23.1 Å². The molecular weight excluding hydrogens is 224 g/mol. The summed E-state index contributed by atoms with van der Waals surface area (Å²) in [5.74, 6) is -0.235. The van der Waals surface area contributed by atoms with E-state index in [1.165, 1.54) is 0 Å². The lowest BCUT2D eigenvalue weighted by atomic mass is 10.2. The second kappa shape index (κ2) is 5.41. The molecule has 0 unspecified atom stereocenters. The van der Waals surface area contributed by atoms with E-state index in [0.29, 0.717) is 6.54 Å². The summed E-state index contributed by atoms with van der Waals surface area (Å²) in [6.45, 7) is 8.35. The van der Waals surface area contributed by atoms with Gasteiger partial charge in [0.15, 0.2) is 0 Å². The highest BCUT2D eigenvalue weighted by Gasteiger charge is 2.15. The fourth-order valence-electron chi connectivity index (χ4n) is 1.13. The van der Waals surface area contributed by atoms with Gasteiger partial charge in [-0.25, -0.2) is 4.98 Å². The van der Waals surface area contributed by atoms with Crippen LogP contribution in [0.15, 0.2) is 5.38 Å². The number of ether oxygens (including phenoxy) is 1. The molecule has 16 heavy (non-hydrogen) atoms. The Morgan fingerprint density at radius 1 is 1.56 bits per heavy atom. The first kappa shape index (κ1) is 13.1. The van der Waals surface area contributed by atoms with E-state index in [-0.39, 0.29) is 12.5 Å². The second-order valence-electron chi connectivity index (χ2n) is 4.57. The Morgan fingerprint density at radius 3 is 2.75 bits per heavy atom. The third kappa shape index (κ3) is 5.23. The highest BCUT2D eigenvalue weighted by molar-refractivity contribution is 7.09. The van der Waals surface area contributed by atoms with E-state index >= 15 is 0 Å². The Morgan fingerprint density at radius 2 is 2.25 bits per heavy atom. The number of hydrogen-bond donors (Lipinski definition) is 1. The molecule has 1 heterocycles. The highest BCUT2D eigenvalue weighted by Crippen LogP contribution is 2.08. The van der Waals surface area contributed by atoms with Crippen LogP contribution in [-0.2, 0) is 16.1 Å². The molecule has 90 valence electrons. The van der Waals surface area contributed by atoms with Crippen molar-refractivity contribution in [3.8, 4) is 0 Å². The molecule has 0 fully saturated rings. The predicted molar refractivity (Wildman–Crippen MR) is 64.4 cm³/mol. The summed E-state index contributed by atoms with van der Waals surface area (Å²) in [4.78, 5) is 15.6. The summed E-state index contributed by atoms with van der Waals surface area (Å²) in [7, 11) is 0.